The molecule has 1 aromatic heterocycles. The van der Waals surface area contributed by atoms with E-state index in [4.69, 9.17) is 22.3 Å². The summed E-state index contributed by atoms with van der Waals surface area (Å²) in [5.41, 5.74) is 0.854. The van der Waals surface area contributed by atoms with Crippen LogP contribution in [0.15, 0.2) is 18.3 Å². The summed E-state index contributed by atoms with van der Waals surface area (Å²) in [7, 11) is 1.63. The first-order chi connectivity index (χ1) is 8.83. The Bertz CT molecular complexity index is 574. The number of hydrogen-bond donors (Lipinski definition) is 0. The van der Waals surface area contributed by atoms with Gasteiger partial charge in [0.2, 0.25) is 15.0 Å². The second-order valence-electron chi connectivity index (χ2n) is 4.54. The number of amides is 1. The molecule has 5 nitrogen and oxygen atoms in total. The summed E-state index contributed by atoms with van der Waals surface area (Å²) in [4.78, 5) is 17.3. The highest BCUT2D eigenvalue weighted by Crippen LogP contribution is 2.22. The van der Waals surface area contributed by atoms with Gasteiger partial charge in [0.15, 0.2) is 0 Å². The van der Waals surface area contributed by atoms with Gasteiger partial charge in [0, 0.05) is 42.3 Å². The highest BCUT2D eigenvalue weighted by atomic mass is 35.7. The van der Waals surface area contributed by atoms with E-state index < -0.39 is 9.05 Å². The Morgan fingerprint density at radius 1 is 1.42 bits per heavy atom. The van der Waals surface area contributed by atoms with Crippen LogP contribution >= 0.6 is 22.3 Å². The van der Waals surface area contributed by atoms with Gasteiger partial charge in [-0.05, 0) is 11.6 Å². The minimum Gasteiger partial charge on any atom is -0.338 e. The summed E-state index contributed by atoms with van der Waals surface area (Å²) in [6.07, 6.45) is 1.81. The van der Waals surface area contributed by atoms with Crippen LogP contribution in [0.4, 0.5) is 0 Å². The standard InChI is InChI=1S/C11H12Cl2N2O3S/c12-10-2-1-8(4-14-10)5-15-6-9(3-11(15)16)7-19(13,17)18/h1-2,4,9H,3,5-7H2. The van der Waals surface area contributed by atoms with E-state index >= 15 is 0 Å². The first-order valence-electron chi connectivity index (χ1n) is 5.64. The summed E-state index contributed by atoms with van der Waals surface area (Å²) < 4.78 is 22.0. The van der Waals surface area contributed by atoms with E-state index in [1.54, 1.807) is 23.2 Å². The number of carbonyl (C=O) groups excluding carboxylic acids is 1. The molecule has 0 N–H and O–H groups in total. The summed E-state index contributed by atoms with van der Waals surface area (Å²) in [6, 6.07) is 3.44. The van der Waals surface area contributed by atoms with Crippen molar-refractivity contribution in [2.24, 2.45) is 5.92 Å². The average molecular weight is 323 g/mol. The van der Waals surface area contributed by atoms with Gasteiger partial charge < -0.3 is 4.90 Å². The van der Waals surface area contributed by atoms with Gasteiger partial charge in [-0.25, -0.2) is 13.4 Å². The molecular formula is C11H12Cl2N2O3S. The first kappa shape index (κ1) is 14.6. The minimum atomic E-state index is -3.57. The summed E-state index contributed by atoms with van der Waals surface area (Å²) in [6.45, 7) is 0.801. The summed E-state index contributed by atoms with van der Waals surface area (Å²) in [5, 5.41) is 0.391. The Balaban J connectivity index is 1.98. The highest BCUT2D eigenvalue weighted by molar-refractivity contribution is 8.13. The molecule has 1 aliphatic rings. The van der Waals surface area contributed by atoms with Crippen LogP contribution in [-0.4, -0.2) is 36.5 Å². The number of aromatic nitrogens is 1. The lowest BCUT2D eigenvalue weighted by Gasteiger charge is -2.16. The van der Waals surface area contributed by atoms with E-state index in [2.05, 4.69) is 4.98 Å². The Morgan fingerprint density at radius 3 is 2.74 bits per heavy atom. The quantitative estimate of drug-likeness (QED) is 0.624. The van der Waals surface area contributed by atoms with Gasteiger partial charge in [-0.3, -0.25) is 4.79 Å². The number of carbonyl (C=O) groups is 1. The van der Waals surface area contributed by atoms with Crippen LogP contribution in [0.3, 0.4) is 0 Å². The van der Waals surface area contributed by atoms with Crippen LogP contribution in [0.2, 0.25) is 5.15 Å². The zero-order valence-corrected chi connectivity index (χ0v) is 12.2. The van der Waals surface area contributed by atoms with Gasteiger partial charge in [0.25, 0.3) is 0 Å². The van der Waals surface area contributed by atoms with E-state index in [-0.39, 0.29) is 24.0 Å². The first-order valence-corrected chi connectivity index (χ1v) is 8.49. The van der Waals surface area contributed by atoms with E-state index in [0.29, 0.717) is 18.2 Å². The third kappa shape index (κ3) is 4.33. The molecule has 0 bridgehead atoms. The normalized spacial score (nSPS) is 20.0. The zero-order chi connectivity index (χ0) is 14.0. The molecule has 1 unspecified atom stereocenters. The Kier molecular flexibility index (Phi) is 4.32. The van der Waals surface area contributed by atoms with Gasteiger partial charge in [-0.15, -0.1) is 0 Å². The SMILES string of the molecule is O=C1CC(CS(=O)(=O)Cl)CN1Cc1ccc(Cl)nc1. The van der Waals surface area contributed by atoms with Crippen molar-refractivity contribution in [3.05, 3.63) is 29.0 Å². The maximum atomic E-state index is 11.8. The third-order valence-electron chi connectivity index (χ3n) is 2.89. The lowest BCUT2D eigenvalue weighted by molar-refractivity contribution is -0.128. The molecule has 1 fully saturated rings. The molecule has 0 radical (unpaired) electrons. The molecule has 1 aromatic rings. The molecule has 0 aliphatic carbocycles. The molecule has 19 heavy (non-hydrogen) atoms. The predicted octanol–water partition coefficient (Wildman–Crippen LogP) is 1.65. The van der Waals surface area contributed by atoms with E-state index in [1.807, 2.05) is 0 Å². The molecule has 1 saturated heterocycles. The van der Waals surface area contributed by atoms with Crippen LogP contribution in [0.25, 0.3) is 0 Å². The number of rotatable bonds is 4. The number of nitrogens with zero attached hydrogens (tertiary/aromatic N) is 2. The molecule has 0 spiro atoms. The summed E-state index contributed by atoms with van der Waals surface area (Å²) >= 11 is 5.68. The van der Waals surface area contributed by atoms with E-state index in [1.165, 1.54) is 0 Å². The molecule has 2 heterocycles. The lowest BCUT2D eigenvalue weighted by atomic mass is 10.1. The molecule has 104 valence electrons. The smallest absolute Gasteiger partial charge is 0.232 e. The number of hydrogen-bond acceptors (Lipinski definition) is 4. The molecule has 1 atom stereocenters. The van der Waals surface area contributed by atoms with E-state index in [0.717, 1.165) is 5.56 Å². The predicted molar refractivity (Wildman–Crippen MR) is 72.4 cm³/mol. The van der Waals surface area contributed by atoms with Crippen LogP contribution in [0.1, 0.15) is 12.0 Å². The van der Waals surface area contributed by atoms with Crippen molar-refractivity contribution in [1.29, 1.82) is 0 Å². The molecule has 8 heteroatoms. The lowest BCUT2D eigenvalue weighted by Crippen LogP contribution is -2.25. The van der Waals surface area contributed by atoms with Crippen LogP contribution < -0.4 is 0 Å². The van der Waals surface area contributed by atoms with Crippen molar-refractivity contribution in [3.8, 4) is 0 Å². The monoisotopic (exact) mass is 322 g/mol. The molecule has 1 aliphatic heterocycles. The maximum Gasteiger partial charge on any atom is 0.232 e. The maximum absolute atomic E-state index is 11.8. The van der Waals surface area contributed by atoms with Gasteiger partial charge in [-0.1, -0.05) is 17.7 Å². The highest BCUT2D eigenvalue weighted by Gasteiger charge is 2.32. The molecule has 0 aromatic carbocycles. The fraction of sp³-hybridized carbons (Fsp3) is 0.455. The largest absolute Gasteiger partial charge is 0.338 e. The zero-order valence-electron chi connectivity index (χ0n) is 9.92. The molecule has 2 rings (SSSR count). The van der Waals surface area contributed by atoms with Crippen molar-refractivity contribution in [3.63, 3.8) is 0 Å². The van der Waals surface area contributed by atoms with Gasteiger partial charge in [0.1, 0.15) is 5.15 Å². The van der Waals surface area contributed by atoms with Gasteiger partial charge in [0.05, 0.1) is 5.75 Å². The van der Waals surface area contributed by atoms with Crippen molar-refractivity contribution >= 4 is 37.2 Å². The number of likely N-dealkylation sites (tertiary alicyclic amines) is 1. The van der Waals surface area contributed by atoms with Gasteiger partial charge >= 0.3 is 0 Å². The Hall–Kier alpha value is -0.850. The fourth-order valence-electron chi connectivity index (χ4n) is 2.12. The van der Waals surface area contributed by atoms with Crippen molar-refractivity contribution in [1.82, 2.24) is 9.88 Å². The number of halogens is 2. The topological polar surface area (TPSA) is 67.3 Å². The second kappa shape index (κ2) is 5.64. The Morgan fingerprint density at radius 2 is 2.16 bits per heavy atom. The molecule has 0 saturated carbocycles. The van der Waals surface area contributed by atoms with Crippen molar-refractivity contribution in [2.45, 2.75) is 13.0 Å². The Labute approximate surface area is 120 Å². The average Bonchev–Trinajstić information content (AvgIpc) is 2.60. The van der Waals surface area contributed by atoms with Gasteiger partial charge in [-0.2, -0.15) is 0 Å². The minimum absolute atomic E-state index is 0.0692. The van der Waals surface area contributed by atoms with Crippen LogP contribution in [-0.2, 0) is 20.4 Å². The molecular weight excluding hydrogens is 311 g/mol. The summed E-state index contributed by atoms with van der Waals surface area (Å²) in [5.74, 6) is -0.481. The van der Waals surface area contributed by atoms with E-state index in [9.17, 15) is 13.2 Å². The van der Waals surface area contributed by atoms with Crippen LogP contribution in [0.5, 0.6) is 0 Å². The second-order valence-corrected chi connectivity index (χ2v) is 7.75. The molecule has 1 amide bonds. The number of pyridine rings is 1. The van der Waals surface area contributed by atoms with Crippen LogP contribution in [0, 0.1) is 5.92 Å². The van der Waals surface area contributed by atoms with Crippen molar-refractivity contribution in [2.75, 3.05) is 12.3 Å². The third-order valence-corrected chi connectivity index (χ3v) is 4.36. The fourth-order valence-corrected chi connectivity index (χ4v) is 3.55. The van der Waals surface area contributed by atoms with Crippen molar-refractivity contribution < 1.29 is 13.2 Å².